The van der Waals surface area contributed by atoms with Crippen LogP contribution in [0.15, 0.2) is 48.6 Å². The number of ether oxygens (including phenoxy) is 1. The van der Waals surface area contributed by atoms with Gasteiger partial charge in [-0.1, -0.05) is 36.4 Å². The van der Waals surface area contributed by atoms with Crippen LogP contribution in [-0.2, 0) is 0 Å². The molecule has 0 heterocycles. The Labute approximate surface area is 103 Å². The van der Waals surface area contributed by atoms with Crippen molar-refractivity contribution in [3.8, 4) is 5.75 Å². The first kappa shape index (κ1) is 10.6. The van der Waals surface area contributed by atoms with E-state index in [1.165, 1.54) is 18.4 Å². The largest absolute Gasteiger partial charge is 0.483 e. The second-order valence-electron chi connectivity index (χ2n) is 5.22. The minimum atomic E-state index is -0.181. The third-order valence-corrected chi connectivity index (χ3v) is 3.50. The monoisotopic (exact) mass is 226 g/mol. The summed E-state index contributed by atoms with van der Waals surface area (Å²) in [5, 5.41) is 0. The molecule has 1 fully saturated rings. The number of hydrogen-bond acceptors (Lipinski definition) is 1. The Balaban J connectivity index is 1.85. The second-order valence-corrected chi connectivity index (χ2v) is 5.22. The van der Waals surface area contributed by atoms with Crippen LogP contribution in [0, 0.1) is 0 Å². The molecule has 0 amide bonds. The number of hydrogen-bond donors (Lipinski definition) is 0. The van der Waals surface area contributed by atoms with E-state index in [0.29, 0.717) is 0 Å². The van der Waals surface area contributed by atoms with Gasteiger partial charge < -0.3 is 4.74 Å². The average molecular weight is 226 g/mol. The summed E-state index contributed by atoms with van der Waals surface area (Å²) < 4.78 is 6.24. The number of benzene rings is 1. The molecule has 88 valence electrons. The lowest BCUT2D eigenvalue weighted by molar-refractivity contribution is 0.141. The highest BCUT2D eigenvalue weighted by Crippen LogP contribution is 2.45. The van der Waals surface area contributed by atoms with Crippen molar-refractivity contribution in [1.29, 1.82) is 0 Å². The average Bonchev–Trinajstić information content (AvgIpc) is 3.14. The maximum absolute atomic E-state index is 6.24. The zero-order chi connectivity index (χ0) is 11.7. The molecule has 1 unspecified atom stereocenters. The lowest BCUT2D eigenvalue weighted by Crippen LogP contribution is -2.30. The predicted molar refractivity (Wildman–Crippen MR) is 70.3 cm³/mol. The SMILES string of the molecule is CC1(Oc2ccccc2C2CC2)C=CC=CC1. The van der Waals surface area contributed by atoms with Crippen LogP contribution in [0.3, 0.4) is 0 Å². The van der Waals surface area contributed by atoms with Gasteiger partial charge in [0.25, 0.3) is 0 Å². The number of para-hydroxylation sites is 1. The van der Waals surface area contributed by atoms with Crippen LogP contribution in [0.1, 0.15) is 37.7 Å². The smallest absolute Gasteiger partial charge is 0.128 e. The molecular formula is C16H18O. The van der Waals surface area contributed by atoms with Gasteiger partial charge in [-0.05, 0) is 43.4 Å². The third kappa shape index (κ3) is 2.28. The van der Waals surface area contributed by atoms with Crippen LogP contribution in [0.4, 0.5) is 0 Å². The van der Waals surface area contributed by atoms with Gasteiger partial charge in [0.05, 0.1) is 0 Å². The Morgan fingerprint density at radius 3 is 2.71 bits per heavy atom. The number of allylic oxidation sites excluding steroid dienone is 2. The Morgan fingerprint density at radius 2 is 2.00 bits per heavy atom. The summed E-state index contributed by atoms with van der Waals surface area (Å²) in [4.78, 5) is 0. The van der Waals surface area contributed by atoms with Crippen LogP contribution >= 0.6 is 0 Å². The normalized spacial score (nSPS) is 27.1. The minimum absolute atomic E-state index is 0.181. The molecule has 17 heavy (non-hydrogen) atoms. The summed E-state index contributed by atoms with van der Waals surface area (Å²) in [6.45, 7) is 2.15. The third-order valence-electron chi connectivity index (χ3n) is 3.50. The maximum Gasteiger partial charge on any atom is 0.128 e. The van der Waals surface area contributed by atoms with E-state index in [9.17, 15) is 0 Å². The van der Waals surface area contributed by atoms with Crippen LogP contribution in [0.25, 0.3) is 0 Å². The molecule has 2 aliphatic rings. The summed E-state index contributed by atoms with van der Waals surface area (Å²) in [7, 11) is 0. The van der Waals surface area contributed by atoms with E-state index in [4.69, 9.17) is 4.74 Å². The lowest BCUT2D eigenvalue weighted by atomic mass is 9.97. The zero-order valence-corrected chi connectivity index (χ0v) is 10.2. The van der Waals surface area contributed by atoms with E-state index in [1.54, 1.807) is 0 Å². The molecule has 1 atom stereocenters. The van der Waals surface area contributed by atoms with E-state index in [2.05, 4.69) is 55.5 Å². The topological polar surface area (TPSA) is 9.23 Å². The van der Waals surface area contributed by atoms with Crippen molar-refractivity contribution < 1.29 is 4.74 Å². The van der Waals surface area contributed by atoms with E-state index < -0.39 is 0 Å². The van der Waals surface area contributed by atoms with Crippen molar-refractivity contribution in [2.75, 3.05) is 0 Å². The fraction of sp³-hybridized carbons (Fsp3) is 0.375. The summed E-state index contributed by atoms with van der Waals surface area (Å²) in [6, 6.07) is 8.48. The van der Waals surface area contributed by atoms with Crippen molar-refractivity contribution in [3.05, 3.63) is 54.1 Å². The quantitative estimate of drug-likeness (QED) is 0.750. The van der Waals surface area contributed by atoms with Crippen LogP contribution < -0.4 is 4.74 Å². The maximum atomic E-state index is 6.24. The van der Waals surface area contributed by atoms with Crippen molar-refractivity contribution in [1.82, 2.24) is 0 Å². The Morgan fingerprint density at radius 1 is 1.18 bits per heavy atom. The molecule has 1 saturated carbocycles. The van der Waals surface area contributed by atoms with Gasteiger partial charge in [0.2, 0.25) is 0 Å². The summed E-state index contributed by atoms with van der Waals surface area (Å²) in [5.74, 6) is 1.80. The Hall–Kier alpha value is -1.50. The highest BCUT2D eigenvalue weighted by atomic mass is 16.5. The first-order chi connectivity index (χ1) is 8.27. The van der Waals surface area contributed by atoms with Crippen LogP contribution in [0.5, 0.6) is 5.75 Å². The molecule has 0 N–H and O–H groups in total. The fourth-order valence-corrected chi connectivity index (χ4v) is 2.34. The molecule has 3 rings (SSSR count). The van der Waals surface area contributed by atoms with E-state index in [0.717, 1.165) is 18.1 Å². The van der Waals surface area contributed by atoms with E-state index in [1.807, 2.05) is 0 Å². The van der Waals surface area contributed by atoms with Gasteiger partial charge in [0.15, 0.2) is 0 Å². The van der Waals surface area contributed by atoms with E-state index in [-0.39, 0.29) is 5.60 Å². The first-order valence-electron chi connectivity index (χ1n) is 6.39. The molecule has 0 aliphatic heterocycles. The molecule has 0 radical (unpaired) electrons. The van der Waals surface area contributed by atoms with Crippen molar-refractivity contribution >= 4 is 0 Å². The van der Waals surface area contributed by atoms with Gasteiger partial charge in [0, 0.05) is 6.42 Å². The van der Waals surface area contributed by atoms with Crippen molar-refractivity contribution in [2.24, 2.45) is 0 Å². The van der Waals surface area contributed by atoms with Crippen molar-refractivity contribution in [3.63, 3.8) is 0 Å². The van der Waals surface area contributed by atoms with Crippen LogP contribution in [0.2, 0.25) is 0 Å². The van der Waals surface area contributed by atoms with Gasteiger partial charge >= 0.3 is 0 Å². The van der Waals surface area contributed by atoms with E-state index >= 15 is 0 Å². The molecular weight excluding hydrogens is 208 g/mol. The minimum Gasteiger partial charge on any atom is -0.483 e. The summed E-state index contributed by atoms with van der Waals surface area (Å²) >= 11 is 0. The van der Waals surface area contributed by atoms with Gasteiger partial charge in [-0.15, -0.1) is 0 Å². The van der Waals surface area contributed by atoms with Gasteiger partial charge in [-0.3, -0.25) is 0 Å². The van der Waals surface area contributed by atoms with Crippen molar-refractivity contribution in [2.45, 2.75) is 37.7 Å². The predicted octanol–water partition coefficient (Wildman–Crippen LogP) is 4.22. The molecule has 0 saturated heterocycles. The lowest BCUT2D eigenvalue weighted by Gasteiger charge is -2.29. The molecule has 1 aromatic carbocycles. The van der Waals surface area contributed by atoms with Crippen LogP contribution in [-0.4, -0.2) is 5.60 Å². The fourth-order valence-electron chi connectivity index (χ4n) is 2.34. The summed E-state index contributed by atoms with van der Waals surface area (Å²) in [6.07, 6.45) is 12.0. The summed E-state index contributed by atoms with van der Waals surface area (Å²) in [5.41, 5.74) is 1.21. The molecule has 2 aliphatic carbocycles. The molecule has 0 bridgehead atoms. The zero-order valence-electron chi connectivity index (χ0n) is 10.2. The second kappa shape index (κ2) is 4.06. The molecule has 1 heteroatoms. The van der Waals surface area contributed by atoms with Gasteiger partial charge in [-0.25, -0.2) is 0 Å². The highest BCUT2D eigenvalue weighted by molar-refractivity contribution is 5.39. The molecule has 0 aromatic heterocycles. The standard InChI is InChI=1S/C16H18O/c1-16(11-5-2-6-12-16)17-15-8-4-3-7-14(15)13-9-10-13/h2-8,11,13H,9-10,12H2,1H3. The first-order valence-corrected chi connectivity index (χ1v) is 6.39. The van der Waals surface area contributed by atoms with Gasteiger partial charge in [0.1, 0.15) is 11.4 Å². The molecule has 1 nitrogen and oxygen atoms in total. The highest BCUT2D eigenvalue weighted by Gasteiger charge is 2.29. The Bertz CT molecular complexity index is 468. The Kier molecular flexibility index (Phi) is 2.54. The molecule has 1 aromatic rings. The van der Waals surface area contributed by atoms with Gasteiger partial charge in [-0.2, -0.15) is 0 Å². The molecule has 0 spiro atoms. The number of rotatable bonds is 3.